The molecule has 1 aromatic carbocycles. The van der Waals surface area contributed by atoms with E-state index in [4.69, 9.17) is 0 Å². The molecule has 2 aliphatic rings. The Morgan fingerprint density at radius 1 is 0.875 bits per heavy atom. The third kappa shape index (κ3) is 4.53. The van der Waals surface area contributed by atoms with Crippen LogP contribution in [0.4, 0.5) is 5.69 Å². The average molecular weight is 329 g/mol. The number of aryl methyl sites for hydroxylation is 1. The lowest BCUT2D eigenvalue weighted by atomic mass is 9.75. The molecule has 24 heavy (non-hydrogen) atoms. The highest BCUT2D eigenvalue weighted by atomic mass is 15.2. The van der Waals surface area contributed by atoms with Crippen LogP contribution in [0.25, 0.3) is 0 Å². The van der Waals surface area contributed by atoms with E-state index in [-0.39, 0.29) is 0 Å². The summed E-state index contributed by atoms with van der Waals surface area (Å²) in [5.41, 5.74) is 3.25. The van der Waals surface area contributed by atoms with Gasteiger partial charge in [-0.1, -0.05) is 38.5 Å². The fourth-order valence-corrected chi connectivity index (χ4v) is 4.48. The van der Waals surface area contributed by atoms with Crippen molar-refractivity contribution < 1.29 is 0 Å². The summed E-state index contributed by atoms with van der Waals surface area (Å²) in [4.78, 5) is 5.32. The minimum Gasteiger partial charge on any atom is -0.372 e. The fraction of sp³-hybridized carbons (Fsp3) is 0.727. The Morgan fingerprint density at radius 3 is 2.00 bits per heavy atom. The molecule has 2 heteroatoms. The molecular weight excluding hydrogens is 292 g/mol. The smallest absolute Gasteiger partial charge is 0.0366 e. The van der Waals surface area contributed by atoms with Crippen LogP contribution in [0, 0.1) is 24.2 Å². The summed E-state index contributed by atoms with van der Waals surface area (Å²) in [6.45, 7) is 15.8. The summed E-state index contributed by atoms with van der Waals surface area (Å²) < 4.78 is 0. The van der Waals surface area contributed by atoms with Gasteiger partial charge in [0.05, 0.1) is 0 Å². The van der Waals surface area contributed by atoms with E-state index in [9.17, 15) is 0 Å². The van der Waals surface area contributed by atoms with Crippen molar-refractivity contribution in [1.29, 1.82) is 0 Å². The van der Waals surface area contributed by atoms with Crippen LogP contribution in [0.2, 0.25) is 0 Å². The molecule has 2 aliphatic heterocycles. The van der Waals surface area contributed by atoms with Crippen molar-refractivity contribution in [2.24, 2.45) is 17.3 Å². The van der Waals surface area contributed by atoms with Crippen molar-refractivity contribution in [3.05, 3.63) is 29.8 Å². The number of anilines is 1. The maximum atomic E-state index is 2.74. The lowest BCUT2D eigenvalue weighted by molar-refractivity contribution is 0.0971. The van der Waals surface area contributed by atoms with Crippen molar-refractivity contribution in [3.8, 4) is 0 Å². The van der Waals surface area contributed by atoms with Gasteiger partial charge in [-0.15, -0.1) is 0 Å². The zero-order valence-electron chi connectivity index (χ0n) is 16.2. The van der Waals surface area contributed by atoms with Gasteiger partial charge in [0.25, 0.3) is 0 Å². The first kappa shape index (κ1) is 17.8. The van der Waals surface area contributed by atoms with Gasteiger partial charge in [0.1, 0.15) is 0 Å². The first-order valence-corrected chi connectivity index (χ1v) is 9.96. The highest BCUT2D eigenvalue weighted by molar-refractivity contribution is 5.47. The van der Waals surface area contributed by atoms with Crippen LogP contribution in [0.5, 0.6) is 0 Å². The zero-order valence-corrected chi connectivity index (χ0v) is 16.2. The quantitative estimate of drug-likeness (QED) is 0.773. The standard InChI is InChI=1S/C22H36N2/c1-18-5-7-21(8-6-18)24-15-9-19(10-16-24)17-23-13-11-20(12-14-23)22(2,3)4/h5-8,19-20H,9-17H2,1-4H3. The van der Waals surface area contributed by atoms with Crippen molar-refractivity contribution >= 4 is 5.69 Å². The first-order valence-electron chi connectivity index (χ1n) is 9.96. The first-order chi connectivity index (χ1) is 11.4. The molecular formula is C22H36N2. The zero-order chi connectivity index (χ0) is 17.2. The number of hydrogen-bond acceptors (Lipinski definition) is 2. The Labute approximate surface area is 149 Å². The van der Waals surface area contributed by atoms with Crippen molar-refractivity contribution in [1.82, 2.24) is 4.90 Å². The lowest BCUT2D eigenvalue weighted by Gasteiger charge is -2.41. The minimum absolute atomic E-state index is 0.492. The largest absolute Gasteiger partial charge is 0.372 e. The third-order valence-corrected chi connectivity index (χ3v) is 6.34. The van der Waals surface area contributed by atoms with Crippen molar-refractivity contribution in [3.63, 3.8) is 0 Å². The van der Waals surface area contributed by atoms with Gasteiger partial charge in [0.15, 0.2) is 0 Å². The SMILES string of the molecule is Cc1ccc(N2CCC(CN3CCC(C(C)(C)C)CC3)CC2)cc1. The molecule has 0 radical (unpaired) electrons. The third-order valence-electron chi connectivity index (χ3n) is 6.34. The molecule has 2 fully saturated rings. The van der Waals surface area contributed by atoms with Gasteiger partial charge in [-0.25, -0.2) is 0 Å². The Kier molecular flexibility index (Phi) is 5.54. The maximum Gasteiger partial charge on any atom is 0.0366 e. The Balaban J connectivity index is 1.42. The van der Waals surface area contributed by atoms with E-state index in [1.165, 1.54) is 69.7 Å². The molecule has 0 aliphatic carbocycles. The summed E-state index contributed by atoms with van der Waals surface area (Å²) >= 11 is 0. The monoisotopic (exact) mass is 328 g/mol. The molecule has 0 bridgehead atoms. The predicted octanol–water partition coefficient (Wildman–Crippen LogP) is 4.97. The number of benzene rings is 1. The van der Waals surface area contributed by atoms with E-state index in [2.05, 4.69) is 61.8 Å². The highest BCUT2D eigenvalue weighted by Crippen LogP contribution is 2.35. The molecule has 0 unspecified atom stereocenters. The molecule has 1 aromatic rings. The van der Waals surface area contributed by atoms with E-state index in [1.54, 1.807) is 0 Å². The number of likely N-dealkylation sites (tertiary alicyclic amines) is 1. The Hall–Kier alpha value is -1.02. The van der Waals surface area contributed by atoms with Crippen LogP contribution >= 0.6 is 0 Å². The van der Waals surface area contributed by atoms with Gasteiger partial charge in [0, 0.05) is 25.3 Å². The van der Waals surface area contributed by atoms with Crippen LogP contribution in [-0.2, 0) is 0 Å². The Morgan fingerprint density at radius 2 is 1.46 bits per heavy atom. The van der Waals surface area contributed by atoms with Crippen LogP contribution in [-0.4, -0.2) is 37.6 Å². The fourth-order valence-electron chi connectivity index (χ4n) is 4.48. The van der Waals surface area contributed by atoms with Crippen molar-refractivity contribution in [2.75, 3.05) is 37.6 Å². The molecule has 0 aromatic heterocycles. The van der Waals surface area contributed by atoms with Crippen LogP contribution in [0.3, 0.4) is 0 Å². The van der Waals surface area contributed by atoms with Crippen LogP contribution < -0.4 is 4.90 Å². The maximum absolute atomic E-state index is 2.74. The lowest BCUT2D eigenvalue weighted by Crippen LogP contribution is -2.43. The number of nitrogens with zero attached hydrogens (tertiary/aromatic N) is 2. The molecule has 0 atom stereocenters. The molecule has 0 N–H and O–H groups in total. The van der Waals surface area contributed by atoms with E-state index in [0.717, 1.165) is 11.8 Å². The molecule has 2 saturated heterocycles. The summed E-state index contributed by atoms with van der Waals surface area (Å²) in [6.07, 6.45) is 5.50. The van der Waals surface area contributed by atoms with Gasteiger partial charge in [-0.2, -0.15) is 0 Å². The molecule has 0 amide bonds. The van der Waals surface area contributed by atoms with Crippen LogP contribution in [0.15, 0.2) is 24.3 Å². The second-order valence-corrected chi connectivity index (χ2v) is 9.21. The van der Waals surface area contributed by atoms with Crippen LogP contribution in [0.1, 0.15) is 52.0 Å². The van der Waals surface area contributed by atoms with Gasteiger partial charge in [0.2, 0.25) is 0 Å². The number of rotatable bonds is 3. The molecule has 134 valence electrons. The predicted molar refractivity (Wildman–Crippen MR) is 105 cm³/mol. The summed E-state index contributed by atoms with van der Waals surface area (Å²) in [5.74, 6) is 1.81. The Bertz CT molecular complexity index is 498. The minimum atomic E-state index is 0.492. The second-order valence-electron chi connectivity index (χ2n) is 9.21. The topological polar surface area (TPSA) is 6.48 Å². The summed E-state index contributed by atoms with van der Waals surface area (Å²) in [7, 11) is 0. The van der Waals surface area contributed by atoms with Crippen molar-refractivity contribution in [2.45, 2.75) is 53.4 Å². The van der Waals surface area contributed by atoms with Gasteiger partial charge in [-0.3, -0.25) is 0 Å². The average Bonchev–Trinajstić information content (AvgIpc) is 2.56. The molecule has 2 nitrogen and oxygen atoms in total. The van der Waals surface area contributed by atoms with Gasteiger partial charge in [-0.05, 0) is 75.1 Å². The molecule has 0 saturated carbocycles. The summed E-state index contributed by atoms with van der Waals surface area (Å²) in [5, 5.41) is 0. The van der Waals surface area contributed by atoms with E-state index in [0.29, 0.717) is 5.41 Å². The normalized spacial score (nSPS) is 22.1. The van der Waals surface area contributed by atoms with E-state index < -0.39 is 0 Å². The molecule has 0 spiro atoms. The highest BCUT2D eigenvalue weighted by Gasteiger charge is 2.30. The number of piperidine rings is 2. The molecule has 3 rings (SSSR count). The molecule has 2 heterocycles. The number of hydrogen-bond donors (Lipinski definition) is 0. The van der Waals surface area contributed by atoms with Gasteiger partial charge >= 0.3 is 0 Å². The van der Waals surface area contributed by atoms with Gasteiger partial charge < -0.3 is 9.80 Å². The second kappa shape index (κ2) is 7.47. The van der Waals surface area contributed by atoms with E-state index in [1.807, 2.05) is 0 Å². The summed E-state index contributed by atoms with van der Waals surface area (Å²) in [6, 6.07) is 9.04. The van der Waals surface area contributed by atoms with E-state index >= 15 is 0 Å².